The molecule has 0 unspecified atom stereocenters. The summed E-state index contributed by atoms with van der Waals surface area (Å²) in [5, 5.41) is 3.44. The highest BCUT2D eigenvalue weighted by Gasteiger charge is 2.28. The summed E-state index contributed by atoms with van der Waals surface area (Å²) >= 11 is 2.07. The number of anilines is 1. The number of ether oxygens (including phenoxy) is 1. The van der Waals surface area contributed by atoms with Crippen LogP contribution in [-0.2, 0) is 6.42 Å². The number of nitrogens with one attached hydrogen (secondary N) is 1. The van der Waals surface area contributed by atoms with E-state index in [0.29, 0.717) is 5.41 Å². The highest BCUT2D eigenvalue weighted by atomic mass is 32.2. The molecule has 1 aromatic rings. The molecule has 3 heteroatoms. The van der Waals surface area contributed by atoms with Gasteiger partial charge in [-0.25, -0.2) is 0 Å². The van der Waals surface area contributed by atoms with E-state index < -0.39 is 0 Å². The zero-order valence-electron chi connectivity index (χ0n) is 11.7. The number of aryl methyl sites for hydroxylation is 1. The van der Waals surface area contributed by atoms with Gasteiger partial charge in [-0.05, 0) is 61.0 Å². The summed E-state index contributed by atoms with van der Waals surface area (Å²) in [6.07, 6.45) is 4.97. The van der Waals surface area contributed by atoms with Crippen molar-refractivity contribution in [3.63, 3.8) is 0 Å². The topological polar surface area (TPSA) is 21.3 Å². The largest absolute Gasteiger partial charge is 0.493 e. The minimum atomic E-state index is 0.374. The zero-order chi connectivity index (χ0) is 13.1. The third kappa shape index (κ3) is 3.19. The summed E-state index contributed by atoms with van der Waals surface area (Å²) in [6.45, 7) is 4.33. The van der Waals surface area contributed by atoms with Crippen LogP contribution in [0.3, 0.4) is 0 Å². The monoisotopic (exact) mass is 277 g/mol. The molecule has 0 amide bonds. The molecular formula is C16H23NOS. The van der Waals surface area contributed by atoms with Gasteiger partial charge in [0.15, 0.2) is 0 Å². The summed E-state index contributed by atoms with van der Waals surface area (Å²) < 4.78 is 6.08. The molecule has 1 fully saturated rings. The summed E-state index contributed by atoms with van der Waals surface area (Å²) in [4.78, 5) is 0. The van der Waals surface area contributed by atoms with Crippen molar-refractivity contribution in [3.05, 3.63) is 23.8 Å². The normalized spacial score (nSPS) is 21.3. The van der Waals surface area contributed by atoms with E-state index in [2.05, 4.69) is 42.2 Å². The van der Waals surface area contributed by atoms with Gasteiger partial charge in [-0.15, -0.1) is 0 Å². The highest BCUT2D eigenvalue weighted by molar-refractivity contribution is 7.99. The standard InChI is InChI=1S/C16H23NOS/c1-16(6-9-19-10-7-16)12-18-14-4-5-15-13(11-14)3-2-8-17-15/h4-5,11,17H,2-3,6-10,12H2,1H3. The van der Waals surface area contributed by atoms with E-state index in [1.807, 2.05) is 0 Å². The highest BCUT2D eigenvalue weighted by Crippen LogP contribution is 2.35. The average Bonchev–Trinajstić information content (AvgIpc) is 2.46. The van der Waals surface area contributed by atoms with Gasteiger partial charge >= 0.3 is 0 Å². The van der Waals surface area contributed by atoms with Crippen LogP contribution >= 0.6 is 11.8 Å². The van der Waals surface area contributed by atoms with Crippen LogP contribution in [0.15, 0.2) is 18.2 Å². The van der Waals surface area contributed by atoms with Gasteiger partial charge in [0, 0.05) is 17.6 Å². The fourth-order valence-corrected chi connectivity index (χ4v) is 4.29. The first-order chi connectivity index (χ1) is 9.25. The Kier molecular flexibility index (Phi) is 3.92. The number of hydrogen-bond acceptors (Lipinski definition) is 3. The summed E-state index contributed by atoms with van der Waals surface area (Å²) in [7, 11) is 0. The Balaban J connectivity index is 1.63. The molecule has 0 aliphatic carbocycles. The molecule has 19 heavy (non-hydrogen) atoms. The molecule has 0 saturated carbocycles. The minimum Gasteiger partial charge on any atom is -0.493 e. The van der Waals surface area contributed by atoms with Gasteiger partial charge in [0.2, 0.25) is 0 Å². The Labute approximate surface area is 120 Å². The molecule has 1 N–H and O–H groups in total. The molecule has 0 radical (unpaired) electrons. The number of benzene rings is 1. The Morgan fingerprint density at radius 1 is 1.32 bits per heavy atom. The lowest BCUT2D eigenvalue weighted by molar-refractivity contribution is 0.151. The predicted octanol–water partition coefficient (Wildman–Crippen LogP) is 3.96. The maximum atomic E-state index is 6.08. The molecule has 2 nitrogen and oxygen atoms in total. The molecule has 2 aliphatic rings. The minimum absolute atomic E-state index is 0.374. The van der Waals surface area contributed by atoms with E-state index >= 15 is 0 Å². The molecule has 0 atom stereocenters. The molecule has 1 saturated heterocycles. The Hall–Kier alpha value is -0.830. The third-order valence-corrected chi connectivity index (χ3v) is 5.29. The lowest BCUT2D eigenvalue weighted by Gasteiger charge is -2.33. The van der Waals surface area contributed by atoms with E-state index in [1.54, 1.807) is 0 Å². The summed E-state index contributed by atoms with van der Waals surface area (Å²) in [5.41, 5.74) is 3.08. The van der Waals surface area contributed by atoms with E-state index in [1.165, 1.54) is 48.4 Å². The smallest absolute Gasteiger partial charge is 0.119 e. The first-order valence-electron chi connectivity index (χ1n) is 7.33. The Morgan fingerprint density at radius 3 is 3.00 bits per heavy atom. The van der Waals surface area contributed by atoms with Gasteiger partial charge in [-0.2, -0.15) is 11.8 Å². The van der Waals surface area contributed by atoms with Gasteiger partial charge in [0.1, 0.15) is 5.75 Å². The summed E-state index contributed by atoms with van der Waals surface area (Å²) in [5.74, 6) is 3.61. The van der Waals surface area contributed by atoms with Crippen LogP contribution in [0, 0.1) is 5.41 Å². The van der Waals surface area contributed by atoms with Crippen molar-refractivity contribution >= 4 is 17.4 Å². The van der Waals surface area contributed by atoms with Crippen LogP contribution in [-0.4, -0.2) is 24.7 Å². The van der Waals surface area contributed by atoms with Crippen molar-refractivity contribution in [2.45, 2.75) is 32.6 Å². The number of thioether (sulfide) groups is 1. The van der Waals surface area contributed by atoms with Crippen LogP contribution in [0.1, 0.15) is 31.7 Å². The quantitative estimate of drug-likeness (QED) is 0.903. The third-order valence-electron chi connectivity index (χ3n) is 4.30. The Bertz CT molecular complexity index is 440. The fraction of sp³-hybridized carbons (Fsp3) is 0.625. The number of rotatable bonds is 3. The van der Waals surface area contributed by atoms with Crippen molar-refractivity contribution in [2.75, 3.05) is 30.0 Å². The second-order valence-corrected chi connectivity index (χ2v) is 7.29. The van der Waals surface area contributed by atoms with Crippen LogP contribution in [0.25, 0.3) is 0 Å². The number of fused-ring (bicyclic) bond motifs is 1. The zero-order valence-corrected chi connectivity index (χ0v) is 12.5. The molecular weight excluding hydrogens is 254 g/mol. The first-order valence-corrected chi connectivity index (χ1v) is 8.48. The van der Waals surface area contributed by atoms with Crippen molar-refractivity contribution < 1.29 is 4.74 Å². The SMILES string of the molecule is CC1(COc2ccc3c(c2)CCCN3)CCSCC1. The lowest BCUT2D eigenvalue weighted by atomic mass is 9.85. The first kappa shape index (κ1) is 13.2. The molecule has 3 rings (SSSR count). The van der Waals surface area contributed by atoms with Crippen molar-refractivity contribution in [1.29, 1.82) is 0 Å². The van der Waals surface area contributed by atoms with Gasteiger partial charge in [0.05, 0.1) is 6.61 Å². The maximum absolute atomic E-state index is 6.08. The summed E-state index contributed by atoms with van der Waals surface area (Å²) in [6, 6.07) is 6.50. The Morgan fingerprint density at radius 2 is 2.16 bits per heavy atom. The van der Waals surface area contributed by atoms with Gasteiger partial charge in [-0.1, -0.05) is 6.92 Å². The van der Waals surface area contributed by atoms with Crippen molar-refractivity contribution in [3.8, 4) is 5.75 Å². The number of hydrogen-bond donors (Lipinski definition) is 1. The van der Waals surface area contributed by atoms with Gasteiger partial charge in [-0.3, -0.25) is 0 Å². The average molecular weight is 277 g/mol. The van der Waals surface area contributed by atoms with E-state index in [4.69, 9.17) is 4.74 Å². The van der Waals surface area contributed by atoms with Crippen LogP contribution in [0.2, 0.25) is 0 Å². The van der Waals surface area contributed by atoms with Crippen LogP contribution in [0.5, 0.6) is 5.75 Å². The molecule has 104 valence electrons. The lowest BCUT2D eigenvalue weighted by Crippen LogP contribution is -2.29. The maximum Gasteiger partial charge on any atom is 0.119 e. The predicted molar refractivity (Wildman–Crippen MR) is 83.4 cm³/mol. The van der Waals surface area contributed by atoms with Crippen molar-refractivity contribution in [2.24, 2.45) is 5.41 Å². The second kappa shape index (κ2) is 5.66. The fourth-order valence-electron chi connectivity index (χ4n) is 2.81. The van der Waals surface area contributed by atoms with Crippen LogP contribution < -0.4 is 10.1 Å². The van der Waals surface area contributed by atoms with Gasteiger partial charge < -0.3 is 10.1 Å². The molecule has 0 aromatic heterocycles. The van der Waals surface area contributed by atoms with Gasteiger partial charge in [0.25, 0.3) is 0 Å². The van der Waals surface area contributed by atoms with E-state index in [-0.39, 0.29) is 0 Å². The molecule has 2 heterocycles. The van der Waals surface area contributed by atoms with Crippen LogP contribution in [0.4, 0.5) is 5.69 Å². The molecule has 1 aromatic carbocycles. The molecule has 0 spiro atoms. The van der Waals surface area contributed by atoms with E-state index in [0.717, 1.165) is 18.9 Å². The van der Waals surface area contributed by atoms with E-state index in [9.17, 15) is 0 Å². The molecule has 2 aliphatic heterocycles. The molecule has 0 bridgehead atoms. The van der Waals surface area contributed by atoms with Crippen molar-refractivity contribution in [1.82, 2.24) is 0 Å². The second-order valence-electron chi connectivity index (χ2n) is 6.06.